The van der Waals surface area contributed by atoms with Gasteiger partial charge in [-0.05, 0) is 35.4 Å². The first-order valence-electron chi connectivity index (χ1n) is 11.6. The first kappa shape index (κ1) is 25.9. The molecule has 3 aromatic carbocycles. The third kappa shape index (κ3) is 6.05. The summed E-state index contributed by atoms with van der Waals surface area (Å²) in [5, 5.41) is 6.74. The second kappa shape index (κ2) is 10.9. The number of halogens is 1. The van der Waals surface area contributed by atoms with Gasteiger partial charge in [0.25, 0.3) is 13.6 Å². The van der Waals surface area contributed by atoms with E-state index in [-0.39, 0.29) is 5.82 Å². The SMILES string of the molecule is Nc1c(-c2cc(Cc3ccc(COc4ccc(Cl)c5ccccc45)cc3)no2)ccc[n+]1COP(=O)([O-])O. The molecule has 3 N–H and O–H groups in total. The molecule has 38 heavy (non-hydrogen) atoms. The molecule has 0 aliphatic heterocycles. The van der Waals surface area contributed by atoms with E-state index in [1.54, 1.807) is 18.2 Å². The van der Waals surface area contributed by atoms with Crippen LogP contribution in [0.25, 0.3) is 22.1 Å². The molecule has 0 fully saturated rings. The Morgan fingerprint density at radius 1 is 1.03 bits per heavy atom. The Morgan fingerprint density at radius 3 is 2.53 bits per heavy atom. The van der Waals surface area contributed by atoms with Crippen LogP contribution in [0.1, 0.15) is 16.8 Å². The summed E-state index contributed by atoms with van der Waals surface area (Å²) in [5.41, 5.74) is 9.39. The number of hydrogen-bond acceptors (Lipinski definition) is 7. The van der Waals surface area contributed by atoms with Crippen molar-refractivity contribution >= 4 is 36.0 Å². The Labute approximate surface area is 223 Å². The van der Waals surface area contributed by atoms with Crippen LogP contribution < -0.4 is 19.9 Å². The van der Waals surface area contributed by atoms with Crippen LogP contribution in [0.2, 0.25) is 5.02 Å². The zero-order valence-corrected chi connectivity index (χ0v) is 21.6. The van der Waals surface area contributed by atoms with Gasteiger partial charge >= 0.3 is 0 Å². The molecular formula is C27H23ClN3O6P. The smallest absolute Gasteiger partial charge is 0.285 e. The van der Waals surface area contributed by atoms with Crippen molar-refractivity contribution in [1.82, 2.24) is 5.16 Å². The quantitative estimate of drug-likeness (QED) is 0.200. The average molecular weight is 552 g/mol. The third-order valence-corrected chi connectivity index (χ3v) is 6.70. The van der Waals surface area contributed by atoms with Crippen molar-refractivity contribution in [2.45, 2.75) is 19.8 Å². The zero-order chi connectivity index (χ0) is 26.7. The van der Waals surface area contributed by atoms with Crippen molar-refractivity contribution in [2.24, 2.45) is 0 Å². The number of phosphoric ester groups is 1. The van der Waals surface area contributed by atoms with Gasteiger partial charge in [0.15, 0.2) is 12.5 Å². The molecule has 1 atom stereocenters. The van der Waals surface area contributed by atoms with Crippen LogP contribution in [-0.4, -0.2) is 10.1 Å². The van der Waals surface area contributed by atoms with Crippen LogP contribution in [0, 0.1) is 0 Å². The third-order valence-electron chi connectivity index (χ3n) is 5.93. The molecule has 2 aromatic heterocycles. The maximum absolute atomic E-state index is 10.9. The number of fused-ring (bicyclic) bond motifs is 1. The fourth-order valence-corrected chi connectivity index (χ4v) is 4.52. The largest absolute Gasteiger partial charge is 0.756 e. The van der Waals surface area contributed by atoms with E-state index in [4.69, 9.17) is 31.5 Å². The van der Waals surface area contributed by atoms with Gasteiger partial charge in [0, 0.05) is 28.3 Å². The van der Waals surface area contributed by atoms with Crippen molar-refractivity contribution in [2.75, 3.05) is 5.73 Å². The van der Waals surface area contributed by atoms with Crippen LogP contribution in [0.15, 0.2) is 89.6 Å². The number of nitrogens with zero attached hydrogens (tertiary/aromatic N) is 2. The Hall–Kier alpha value is -3.72. The molecule has 0 radical (unpaired) electrons. The predicted molar refractivity (Wildman–Crippen MR) is 140 cm³/mol. The topological polar surface area (TPSA) is 135 Å². The Kier molecular flexibility index (Phi) is 7.46. The van der Waals surface area contributed by atoms with Gasteiger partial charge in [-0.1, -0.05) is 65.3 Å². The molecule has 1 unspecified atom stereocenters. The van der Waals surface area contributed by atoms with E-state index in [1.165, 1.54) is 10.8 Å². The van der Waals surface area contributed by atoms with Crippen molar-refractivity contribution < 1.29 is 32.7 Å². The number of hydrogen-bond donors (Lipinski definition) is 2. The van der Waals surface area contributed by atoms with E-state index in [0.717, 1.165) is 27.6 Å². The first-order chi connectivity index (χ1) is 18.3. The van der Waals surface area contributed by atoms with E-state index >= 15 is 0 Å². The summed E-state index contributed by atoms with van der Waals surface area (Å²) >= 11 is 6.30. The number of benzene rings is 3. The fraction of sp³-hybridized carbons (Fsp3) is 0.111. The number of ether oxygens (including phenoxy) is 1. The van der Waals surface area contributed by atoms with Gasteiger partial charge in [0.2, 0.25) is 0 Å². The summed E-state index contributed by atoms with van der Waals surface area (Å²) in [4.78, 5) is 19.7. The van der Waals surface area contributed by atoms with Gasteiger partial charge in [-0.3, -0.25) is 14.8 Å². The highest BCUT2D eigenvalue weighted by Crippen LogP contribution is 2.32. The Balaban J connectivity index is 1.24. The van der Waals surface area contributed by atoms with Gasteiger partial charge < -0.3 is 19.0 Å². The van der Waals surface area contributed by atoms with Crippen LogP contribution in [-0.2, 0) is 28.8 Å². The molecule has 2 heterocycles. The number of anilines is 1. The molecular weight excluding hydrogens is 529 g/mol. The molecule has 0 saturated heterocycles. The number of aromatic nitrogens is 2. The summed E-state index contributed by atoms with van der Waals surface area (Å²) < 4.78 is 28.2. The molecule has 0 saturated carbocycles. The normalized spacial score (nSPS) is 12.9. The summed E-state index contributed by atoms with van der Waals surface area (Å²) in [5.74, 6) is 1.39. The number of phosphoric acid groups is 1. The van der Waals surface area contributed by atoms with E-state index in [1.807, 2.05) is 60.7 Å². The van der Waals surface area contributed by atoms with Crippen LogP contribution in [0.4, 0.5) is 5.82 Å². The fourth-order valence-electron chi connectivity index (χ4n) is 4.03. The predicted octanol–water partition coefficient (Wildman–Crippen LogP) is 4.62. The van der Waals surface area contributed by atoms with Crippen molar-refractivity contribution in [3.8, 4) is 17.1 Å². The van der Waals surface area contributed by atoms with Gasteiger partial charge in [-0.2, -0.15) is 0 Å². The number of pyridine rings is 1. The average Bonchev–Trinajstić information content (AvgIpc) is 3.36. The van der Waals surface area contributed by atoms with Gasteiger partial charge in [0.1, 0.15) is 17.9 Å². The van der Waals surface area contributed by atoms with Gasteiger partial charge in [-0.15, -0.1) is 0 Å². The highest BCUT2D eigenvalue weighted by molar-refractivity contribution is 7.44. The van der Waals surface area contributed by atoms with Gasteiger partial charge in [0.05, 0.1) is 11.9 Å². The molecule has 5 rings (SSSR count). The van der Waals surface area contributed by atoms with Crippen LogP contribution in [0.5, 0.6) is 5.75 Å². The summed E-state index contributed by atoms with van der Waals surface area (Å²) in [6, 6.07) is 24.7. The van der Waals surface area contributed by atoms with Crippen molar-refractivity contribution in [3.63, 3.8) is 0 Å². The minimum absolute atomic E-state index is 0.196. The highest BCUT2D eigenvalue weighted by Gasteiger charge is 2.18. The summed E-state index contributed by atoms with van der Waals surface area (Å²) in [6.07, 6.45) is 2.05. The molecule has 0 aliphatic rings. The summed E-state index contributed by atoms with van der Waals surface area (Å²) in [7, 11) is -4.88. The first-order valence-corrected chi connectivity index (χ1v) is 13.4. The minimum atomic E-state index is -4.88. The van der Waals surface area contributed by atoms with Crippen LogP contribution in [0.3, 0.4) is 0 Å². The number of nitrogen functional groups attached to an aromatic ring is 1. The molecule has 5 aromatic rings. The van der Waals surface area contributed by atoms with Gasteiger partial charge in [-0.25, -0.2) is 4.57 Å². The maximum Gasteiger partial charge on any atom is 0.285 e. The second-order valence-corrected chi connectivity index (χ2v) is 10.2. The zero-order valence-electron chi connectivity index (χ0n) is 20.0. The van der Waals surface area contributed by atoms with E-state index in [0.29, 0.717) is 35.1 Å². The molecule has 9 nitrogen and oxygen atoms in total. The van der Waals surface area contributed by atoms with Crippen molar-refractivity contribution in [1.29, 1.82) is 0 Å². The molecule has 0 spiro atoms. The number of nitrogens with two attached hydrogens (primary N) is 1. The Bertz CT molecular complexity index is 1630. The molecule has 194 valence electrons. The molecule has 11 heteroatoms. The molecule has 0 aliphatic carbocycles. The Morgan fingerprint density at radius 2 is 1.76 bits per heavy atom. The lowest BCUT2D eigenvalue weighted by atomic mass is 10.1. The monoisotopic (exact) mass is 551 g/mol. The van der Waals surface area contributed by atoms with E-state index in [9.17, 15) is 9.46 Å². The standard InChI is InChI=1S/C27H23ClN3O6P/c28-24-11-12-25(22-5-2-1-4-21(22)24)35-16-19-9-7-18(8-10-19)14-20-15-26(37-30-20)23-6-3-13-31(27(23)29)17-36-38(32,33)34/h1-13,15,29H,14,16-17H2,(H2,32,33,34). The summed E-state index contributed by atoms with van der Waals surface area (Å²) in [6.45, 7) is -0.0582. The lowest BCUT2D eigenvalue weighted by molar-refractivity contribution is -0.712. The van der Waals surface area contributed by atoms with E-state index in [2.05, 4.69) is 9.68 Å². The molecule has 0 amide bonds. The van der Waals surface area contributed by atoms with Crippen molar-refractivity contribution in [3.05, 3.63) is 107 Å². The lowest BCUT2D eigenvalue weighted by Crippen LogP contribution is -2.38. The number of rotatable bonds is 9. The maximum atomic E-state index is 10.9. The highest BCUT2D eigenvalue weighted by atomic mass is 35.5. The lowest BCUT2D eigenvalue weighted by Gasteiger charge is -2.14. The minimum Gasteiger partial charge on any atom is -0.756 e. The second-order valence-electron chi connectivity index (χ2n) is 8.56. The molecule has 0 bridgehead atoms. The van der Waals surface area contributed by atoms with Crippen LogP contribution >= 0.6 is 19.4 Å². The van der Waals surface area contributed by atoms with E-state index < -0.39 is 14.6 Å².